The van der Waals surface area contributed by atoms with Gasteiger partial charge in [0.1, 0.15) is 6.61 Å². The molecule has 1 aromatic carbocycles. The molecule has 1 N–H and O–H groups in total. The fraction of sp³-hybridized carbons (Fsp3) is 0.455. The highest BCUT2D eigenvalue weighted by molar-refractivity contribution is 5.42. The van der Waals surface area contributed by atoms with Gasteiger partial charge in [0.05, 0.1) is 0 Å². The molecule has 0 bridgehead atoms. The van der Waals surface area contributed by atoms with E-state index < -0.39 is 12.8 Å². The van der Waals surface area contributed by atoms with Crippen LogP contribution in [0.3, 0.4) is 0 Å². The van der Waals surface area contributed by atoms with Crippen molar-refractivity contribution in [3.8, 4) is 0 Å². The molecule has 16 heavy (non-hydrogen) atoms. The van der Waals surface area contributed by atoms with E-state index in [1.54, 1.807) is 0 Å². The van der Waals surface area contributed by atoms with Crippen LogP contribution in [0.2, 0.25) is 0 Å². The van der Waals surface area contributed by atoms with Gasteiger partial charge in [0.25, 0.3) is 0 Å². The van der Waals surface area contributed by atoms with Gasteiger partial charge in [-0.3, -0.25) is 0 Å². The van der Waals surface area contributed by atoms with Crippen LogP contribution in [0.25, 0.3) is 0 Å². The van der Waals surface area contributed by atoms with Crippen molar-refractivity contribution in [2.24, 2.45) is 0 Å². The molecule has 1 aromatic rings. The van der Waals surface area contributed by atoms with Crippen LogP contribution in [0.5, 0.6) is 0 Å². The van der Waals surface area contributed by atoms with Crippen molar-refractivity contribution in [1.29, 1.82) is 0 Å². The maximum atomic E-state index is 11.7. The van der Waals surface area contributed by atoms with Gasteiger partial charge in [-0.05, 0) is 18.6 Å². The molecule has 0 radical (unpaired) electrons. The molecule has 5 heteroatoms. The molecule has 0 saturated heterocycles. The molecule has 1 rings (SSSR count). The van der Waals surface area contributed by atoms with Crippen molar-refractivity contribution in [3.05, 3.63) is 30.3 Å². The number of halogens is 3. The van der Waals surface area contributed by atoms with E-state index >= 15 is 0 Å². The summed E-state index contributed by atoms with van der Waals surface area (Å²) in [5, 5.41) is 3.08. The molecule has 0 amide bonds. The second-order valence-electron chi connectivity index (χ2n) is 3.31. The highest BCUT2D eigenvalue weighted by atomic mass is 19.4. The van der Waals surface area contributed by atoms with E-state index in [4.69, 9.17) is 0 Å². The summed E-state index contributed by atoms with van der Waals surface area (Å²) >= 11 is 0. The first-order valence-corrected chi connectivity index (χ1v) is 5.01. The van der Waals surface area contributed by atoms with Gasteiger partial charge >= 0.3 is 6.18 Å². The average molecular weight is 233 g/mol. The molecule has 0 aliphatic heterocycles. The Kier molecular flexibility index (Phi) is 5.11. The SMILES string of the molecule is FC(F)(F)COCCCNc1ccccc1. The van der Waals surface area contributed by atoms with Crippen molar-refractivity contribution in [3.63, 3.8) is 0 Å². The summed E-state index contributed by atoms with van der Waals surface area (Å²) < 4.78 is 39.5. The standard InChI is InChI=1S/C11H14F3NO/c12-11(13,14)9-16-8-4-7-15-10-5-2-1-3-6-10/h1-3,5-6,15H,4,7-9H2. The Morgan fingerprint density at radius 2 is 1.81 bits per heavy atom. The van der Waals surface area contributed by atoms with E-state index in [1.165, 1.54) is 0 Å². The number of hydrogen-bond donors (Lipinski definition) is 1. The third kappa shape index (κ3) is 6.29. The highest BCUT2D eigenvalue weighted by Crippen LogP contribution is 2.14. The number of anilines is 1. The molecule has 0 heterocycles. The molecule has 0 aliphatic rings. The lowest BCUT2D eigenvalue weighted by Gasteiger charge is -2.08. The monoisotopic (exact) mass is 233 g/mol. The van der Waals surface area contributed by atoms with Gasteiger partial charge in [-0.2, -0.15) is 13.2 Å². The zero-order chi connectivity index (χ0) is 11.9. The fourth-order valence-electron chi connectivity index (χ4n) is 1.15. The van der Waals surface area contributed by atoms with Gasteiger partial charge in [-0.25, -0.2) is 0 Å². The number of para-hydroxylation sites is 1. The van der Waals surface area contributed by atoms with Crippen LogP contribution < -0.4 is 5.32 Å². The molecule has 0 aliphatic carbocycles. The van der Waals surface area contributed by atoms with Crippen LogP contribution >= 0.6 is 0 Å². The fourth-order valence-corrected chi connectivity index (χ4v) is 1.15. The number of hydrogen-bond acceptors (Lipinski definition) is 2. The molecule has 0 spiro atoms. The van der Waals surface area contributed by atoms with Crippen LogP contribution in [0.15, 0.2) is 30.3 Å². The maximum Gasteiger partial charge on any atom is 0.411 e. The van der Waals surface area contributed by atoms with E-state index in [2.05, 4.69) is 10.1 Å². The predicted octanol–water partition coefficient (Wildman–Crippen LogP) is 3.07. The molecule has 0 atom stereocenters. The third-order valence-electron chi connectivity index (χ3n) is 1.83. The van der Waals surface area contributed by atoms with Crippen molar-refractivity contribution in [2.45, 2.75) is 12.6 Å². The lowest BCUT2D eigenvalue weighted by atomic mass is 10.3. The lowest BCUT2D eigenvalue weighted by Crippen LogP contribution is -2.18. The van der Waals surface area contributed by atoms with Crippen molar-refractivity contribution in [2.75, 3.05) is 25.1 Å². The van der Waals surface area contributed by atoms with E-state index in [1.807, 2.05) is 30.3 Å². The van der Waals surface area contributed by atoms with Crippen LogP contribution in [-0.2, 0) is 4.74 Å². The Hall–Kier alpha value is -1.23. The predicted molar refractivity (Wildman–Crippen MR) is 56.4 cm³/mol. The Morgan fingerprint density at radius 1 is 1.12 bits per heavy atom. The van der Waals surface area contributed by atoms with Gasteiger partial charge in [0, 0.05) is 18.8 Å². The Morgan fingerprint density at radius 3 is 2.44 bits per heavy atom. The first-order valence-electron chi connectivity index (χ1n) is 5.01. The van der Waals surface area contributed by atoms with Crippen LogP contribution in [0.1, 0.15) is 6.42 Å². The van der Waals surface area contributed by atoms with Gasteiger partial charge in [-0.15, -0.1) is 0 Å². The Bertz CT molecular complexity index is 287. The van der Waals surface area contributed by atoms with Gasteiger partial charge in [0.15, 0.2) is 0 Å². The normalized spacial score (nSPS) is 11.4. The zero-order valence-corrected chi connectivity index (χ0v) is 8.76. The number of ether oxygens (including phenoxy) is 1. The summed E-state index contributed by atoms with van der Waals surface area (Å²) in [4.78, 5) is 0. The first-order chi connectivity index (χ1) is 7.58. The second-order valence-corrected chi connectivity index (χ2v) is 3.31. The summed E-state index contributed by atoms with van der Waals surface area (Å²) in [7, 11) is 0. The topological polar surface area (TPSA) is 21.3 Å². The minimum absolute atomic E-state index is 0.110. The quantitative estimate of drug-likeness (QED) is 0.762. The minimum atomic E-state index is -4.23. The van der Waals surface area contributed by atoms with Crippen molar-refractivity contribution >= 4 is 5.69 Å². The molecule has 90 valence electrons. The molecule has 0 aromatic heterocycles. The molecule has 2 nitrogen and oxygen atoms in total. The minimum Gasteiger partial charge on any atom is -0.385 e. The summed E-state index contributed by atoms with van der Waals surface area (Å²) in [6, 6.07) is 9.48. The molecular weight excluding hydrogens is 219 g/mol. The summed E-state index contributed by atoms with van der Waals surface area (Å²) in [5.41, 5.74) is 0.957. The highest BCUT2D eigenvalue weighted by Gasteiger charge is 2.27. The number of benzene rings is 1. The number of nitrogens with one attached hydrogen (secondary N) is 1. The van der Waals surface area contributed by atoms with E-state index in [-0.39, 0.29) is 6.61 Å². The second kappa shape index (κ2) is 6.37. The van der Waals surface area contributed by atoms with E-state index in [9.17, 15) is 13.2 Å². The van der Waals surface area contributed by atoms with Gasteiger partial charge in [0.2, 0.25) is 0 Å². The Balaban J connectivity index is 2.01. The first kappa shape index (κ1) is 12.8. The molecular formula is C11H14F3NO. The molecule has 0 fully saturated rings. The zero-order valence-electron chi connectivity index (χ0n) is 8.76. The van der Waals surface area contributed by atoms with E-state index in [0.29, 0.717) is 13.0 Å². The Labute approximate surface area is 92.4 Å². The van der Waals surface area contributed by atoms with Gasteiger partial charge < -0.3 is 10.1 Å². The summed E-state index contributed by atoms with van der Waals surface area (Å²) in [6.45, 7) is -0.459. The van der Waals surface area contributed by atoms with Crippen LogP contribution in [-0.4, -0.2) is 25.9 Å². The van der Waals surface area contributed by atoms with Crippen LogP contribution in [0, 0.1) is 0 Å². The smallest absolute Gasteiger partial charge is 0.385 e. The molecule has 0 unspecified atom stereocenters. The molecule has 0 saturated carbocycles. The summed E-state index contributed by atoms with van der Waals surface area (Å²) in [5.74, 6) is 0. The summed E-state index contributed by atoms with van der Waals surface area (Å²) in [6.07, 6.45) is -3.68. The average Bonchev–Trinajstić information content (AvgIpc) is 2.23. The van der Waals surface area contributed by atoms with E-state index in [0.717, 1.165) is 5.69 Å². The van der Waals surface area contributed by atoms with Crippen molar-refractivity contribution in [1.82, 2.24) is 0 Å². The number of rotatable bonds is 6. The maximum absolute atomic E-state index is 11.7. The van der Waals surface area contributed by atoms with Crippen LogP contribution in [0.4, 0.5) is 18.9 Å². The van der Waals surface area contributed by atoms with Gasteiger partial charge in [-0.1, -0.05) is 18.2 Å². The lowest BCUT2D eigenvalue weighted by molar-refractivity contribution is -0.173. The largest absolute Gasteiger partial charge is 0.411 e. The third-order valence-corrected chi connectivity index (χ3v) is 1.83. The number of alkyl halides is 3. The van der Waals surface area contributed by atoms with Crippen molar-refractivity contribution < 1.29 is 17.9 Å².